The minimum Gasteiger partial charge on any atom is -0.352 e. The minimum atomic E-state index is 0.0918. The highest BCUT2D eigenvalue weighted by Crippen LogP contribution is 2.30. The molecule has 0 bridgehead atoms. The summed E-state index contributed by atoms with van der Waals surface area (Å²) >= 11 is 5.90. The maximum Gasteiger partial charge on any atom is 0.223 e. The van der Waals surface area contributed by atoms with Gasteiger partial charge in [-0.3, -0.25) is 4.79 Å². The van der Waals surface area contributed by atoms with E-state index in [-0.39, 0.29) is 11.8 Å². The monoisotopic (exact) mass is 266 g/mol. The van der Waals surface area contributed by atoms with Gasteiger partial charge in [0.25, 0.3) is 0 Å². The van der Waals surface area contributed by atoms with E-state index in [1.165, 1.54) is 0 Å². The molecule has 1 aromatic carbocycles. The van der Waals surface area contributed by atoms with Crippen LogP contribution in [0.4, 0.5) is 0 Å². The zero-order chi connectivity index (χ0) is 13.0. The second-order valence-electron chi connectivity index (χ2n) is 4.88. The molecule has 3 N–H and O–H groups in total. The predicted octanol–water partition coefficient (Wildman–Crippen LogP) is 2.33. The van der Waals surface area contributed by atoms with Gasteiger partial charge < -0.3 is 11.1 Å². The van der Waals surface area contributed by atoms with Gasteiger partial charge >= 0.3 is 0 Å². The topological polar surface area (TPSA) is 55.1 Å². The molecular weight excluding hydrogens is 248 g/mol. The Balaban J connectivity index is 1.88. The lowest BCUT2D eigenvalue weighted by atomic mass is 9.95. The maximum atomic E-state index is 12.1. The summed E-state index contributed by atoms with van der Waals surface area (Å²) in [4.78, 5) is 12.1. The zero-order valence-corrected chi connectivity index (χ0v) is 11.1. The van der Waals surface area contributed by atoms with E-state index in [1.54, 1.807) is 0 Å². The van der Waals surface area contributed by atoms with Crippen LogP contribution in [0.15, 0.2) is 24.3 Å². The van der Waals surface area contributed by atoms with Crippen molar-refractivity contribution in [1.82, 2.24) is 5.32 Å². The highest BCUT2D eigenvalue weighted by atomic mass is 35.5. The minimum absolute atomic E-state index is 0.0918. The van der Waals surface area contributed by atoms with Crippen molar-refractivity contribution in [2.24, 2.45) is 17.6 Å². The Morgan fingerprint density at radius 3 is 3.00 bits per heavy atom. The summed E-state index contributed by atoms with van der Waals surface area (Å²) in [5.41, 5.74) is 6.72. The van der Waals surface area contributed by atoms with E-state index in [2.05, 4.69) is 5.32 Å². The zero-order valence-electron chi connectivity index (χ0n) is 10.4. The molecule has 2 rings (SSSR count). The van der Waals surface area contributed by atoms with Gasteiger partial charge in [-0.15, -0.1) is 0 Å². The van der Waals surface area contributed by atoms with Crippen LogP contribution in [0.25, 0.3) is 0 Å². The van der Waals surface area contributed by atoms with Crippen LogP contribution >= 0.6 is 11.6 Å². The number of amides is 1. The van der Waals surface area contributed by atoms with Gasteiger partial charge in [0.1, 0.15) is 0 Å². The first kappa shape index (κ1) is 13.4. The third-order valence-corrected chi connectivity index (χ3v) is 3.89. The molecule has 1 saturated carbocycles. The number of nitrogens with two attached hydrogens (primary N) is 1. The predicted molar refractivity (Wildman–Crippen MR) is 73.2 cm³/mol. The fourth-order valence-electron chi connectivity index (χ4n) is 2.63. The Hall–Kier alpha value is -1.06. The molecule has 1 aliphatic carbocycles. The summed E-state index contributed by atoms with van der Waals surface area (Å²) in [6, 6.07) is 7.55. The summed E-state index contributed by atoms with van der Waals surface area (Å²) in [7, 11) is 0. The van der Waals surface area contributed by atoms with Crippen LogP contribution in [0.2, 0.25) is 5.02 Å². The standard InChI is InChI=1S/C14H19ClN2O/c15-12-5-1-3-10(7-12)9-17-14(18)13-6-2-4-11(13)8-16/h1,3,5,7,11,13H,2,4,6,8-9,16H2,(H,17,18). The van der Waals surface area contributed by atoms with Crippen LogP contribution in [0.5, 0.6) is 0 Å². The Labute approximate surface area is 113 Å². The average Bonchev–Trinajstić information content (AvgIpc) is 2.84. The van der Waals surface area contributed by atoms with E-state index in [9.17, 15) is 4.79 Å². The van der Waals surface area contributed by atoms with E-state index >= 15 is 0 Å². The molecule has 0 radical (unpaired) electrons. The number of benzene rings is 1. The molecule has 0 saturated heterocycles. The fourth-order valence-corrected chi connectivity index (χ4v) is 2.84. The summed E-state index contributed by atoms with van der Waals surface area (Å²) in [5.74, 6) is 0.571. The molecule has 2 atom stereocenters. The molecule has 1 fully saturated rings. The number of hydrogen-bond donors (Lipinski definition) is 2. The first-order chi connectivity index (χ1) is 8.70. The van der Waals surface area contributed by atoms with Crippen molar-refractivity contribution in [3.05, 3.63) is 34.9 Å². The largest absolute Gasteiger partial charge is 0.352 e. The number of hydrogen-bond acceptors (Lipinski definition) is 2. The first-order valence-corrected chi connectivity index (χ1v) is 6.80. The average molecular weight is 267 g/mol. The van der Waals surface area contributed by atoms with Gasteiger partial charge in [0, 0.05) is 17.5 Å². The second kappa shape index (κ2) is 6.21. The molecule has 0 heterocycles. The van der Waals surface area contributed by atoms with Crippen molar-refractivity contribution in [3.8, 4) is 0 Å². The van der Waals surface area contributed by atoms with Gasteiger partial charge in [-0.2, -0.15) is 0 Å². The third-order valence-electron chi connectivity index (χ3n) is 3.65. The van der Waals surface area contributed by atoms with Crippen molar-refractivity contribution in [3.63, 3.8) is 0 Å². The molecule has 1 aromatic rings. The SMILES string of the molecule is NCC1CCCC1C(=O)NCc1cccc(Cl)c1. The molecule has 1 aliphatic rings. The van der Waals surface area contributed by atoms with Gasteiger partial charge in [-0.25, -0.2) is 0 Å². The highest BCUT2D eigenvalue weighted by Gasteiger charge is 2.31. The smallest absolute Gasteiger partial charge is 0.223 e. The lowest BCUT2D eigenvalue weighted by Gasteiger charge is -2.17. The molecular formula is C14H19ClN2O. The van der Waals surface area contributed by atoms with Crippen LogP contribution in [0.1, 0.15) is 24.8 Å². The lowest BCUT2D eigenvalue weighted by Crippen LogP contribution is -2.34. The third kappa shape index (κ3) is 3.24. The molecule has 0 spiro atoms. The summed E-state index contributed by atoms with van der Waals surface area (Å²) in [6.07, 6.45) is 3.14. The number of rotatable bonds is 4. The van der Waals surface area contributed by atoms with Gasteiger partial charge in [0.05, 0.1) is 0 Å². The molecule has 2 unspecified atom stereocenters. The van der Waals surface area contributed by atoms with Crippen LogP contribution in [0, 0.1) is 11.8 Å². The van der Waals surface area contributed by atoms with E-state index in [4.69, 9.17) is 17.3 Å². The van der Waals surface area contributed by atoms with Crippen molar-refractivity contribution in [2.75, 3.05) is 6.54 Å². The van der Waals surface area contributed by atoms with Crippen molar-refractivity contribution in [2.45, 2.75) is 25.8 Å². The molecule has 18 heavy (non-hydrogen) atoms. The number of carbonyl (C=O) groups is 1. The number of carbonyl (C=O) groups excluding carboxylic acids is 1. The molecule has 0 aromatic heterocycles. The highest BCUT2D eigenvalue weighted by molar-refractivity contribution is 6.30. The van der Waals surface area contributed by atoms with E-state index in [1.807, 2.05) is 24.3 Å². The van der Waals surface area contributed by atoms with Crippen LogP contribution < -0.4 is 11.1 Å². The Morgan fingerprint density at radius 1 is 1.44 bits per heavy atom. The number of nitrogens with one attached hydrogen (secondary N) is 1. The van der Waals surface area contributed by atoms with Crippen molar-refractivity contribution < 1.29 is 4.79 Å². The van der Waals surface area contributed by atoms with Gasteiger partial charge in [-0.1, -0.05) is 30.2 Å². The Kier molecular flexibility index (Phi) is 4.61. The quantitative estimate of drug-likeness (QED) is 0.879. The molecule has 98 valence electrons. The number of halogens is 1. The second-order valence-corrected chi connectivity index (χ2v) is 5.32. The molecule has 3 nitrogen and oxygen atoms in total. The Bertz CT molecular complexity index is 422. The normalized spacial score (nSPS) is 23.0. The van der Waals surface area contributed by atoms with Gasteiger partial charge in [0.2, 0.25) is 5.91 Å². The van der Waals surface area contributed by atoms with Gasteiger partial charge in [-0.05, 0) is 43.0 Å². The van der Waals surface area contributed by atoms with Gasteiger partial charge in [0.15, 0.2) is 0 Å². The first-order valence-electron chi connectivity index (χ1n) is 6.43. The van der Waals surface area contributed by atoms with Crippen LogP contribution in [0.3, 0.4) is 0 Å². The Morgan fingerprint density at radius 2 is 2.28 bits per heavy atom. The molecule has 1 amide bonds. The lowest BCUT2D eigenvalue weighted by molar-refractivity contribution is -0.126. The summed E-state index contributed by atoms with van der Waals surface area (Å²) < 4.78 is 0. The fraction of sp³-hybridized carbons (Fsp3) is 0.500. The molecule has 4 heteroatoms. The van der Waals surface area contributed by atoms with E-state index in [0.29, 0.717) is 24.0 Å². The van der Waals surface area contributed by atoms with E-state index in [0.717, 1.165) is 24.8 Å². The summed E-state index contributed by atoms with van der Waals surface area (Å²) in [6.45, 7) is 1.14. The van der Waals surface area contributed by atoms with Crippen LogP contribution in [-0.4, -0.2) is 12.5 Å². The van der Waals surface area contributed by atoms with Crippen LogP contribution in [-0.2, 0) is 11.3 Å². The van der Waals surface area contributed by atoms with Crippen molar-refractivity contribution >= 4 is 17.5 Å². The van der Waals surface area contributed by atoms with Crippen molar-refractivity contribution in [1.29, 1.82) is 0 Å². The summed E-state index contributed by atoms with van der Waals surface area (Å²) in [5, 5.41) is 3.68. The van der Waals surface area contributed by atoms with E-state index < -0.39 is 0 Å². The maximum absolute atomic E-state index is 12.1. The molecule has 0 aliphatic heterocycles.